The highest BCUT2D eigenvalue weighted by Crippen LogP contribution is 2.44. The second-order valence-corrected chi connectivity index (χ2v) is 12.9. The van der Waals surface area contributed by atoms with Crippen molar-refractivity contribution in [3.63, 3.8) is 0 Å². The van der Waals surface area contributed by atoms with Crippen molar-refractivity contribution in [1.82, 2.24) is 24.6 Å². The molecule has 3 aromatic carbocycles. The maximum Gasteiger partial charge on any atom is 0.410 e. The number of hydrogen-bond donors (Lipinski definition) is 2. The van der Waals surface area contributed by atoms with Gasteiger partial charge < -0.3 is 25.0 Å². The van der Waals surface area contributed by atoms with Gasteiger partial charge in [-0.25, -0.2) is 19.6 Å². The Hall–Kier alpha value is -5.71. The molecule has 1 amide bonds. The Labute approximate surface area is 290 Å². The van der Waals surface area contributed by atoms with Crippen LogP contribution in [0.15, 0.2) is 79.0 Å². The minimum absolute atomic E-state index is 0.00411. The molecule has 5 aromatic rings. The van der Waals surface area contributed by atoms with Crippen molar-refractivity contribution in [3.05, 3.63) is 107 Å². The lowest BCUT2D eigenvalue weighted by molar-refractivity contribution is 0.0517. The van der Waals surface area contributed by atoms with Gasteiger partial charge in [-0.3, -0.25) is 4.68 Å². The summed E-state index contributed by atoms with van der Waals surface area (Å²) < 4.78 is 13.0. The summed E-state index contributed by atoms with van der Waals surface area (Å²) in [7, 11) is 1.82. The van der Waals surface area contributed by atoms with Crippen LogP contribution in [0.2, 0.25) is 0 Å². The molecule has 0 unspecified atom stereocenters. The molecule has 2 aliphatic carbocycles. The van der Waals surface area contributed by atoms with E-state index in [-0.39, 0.29) is 18.1 Å². The van der Waals surface area contributed by atoms with Crippen LogP contribution in [-0.4, -0.2) is 69.1 Å². The number of anilines is 3. The van der Waals surface area contributed by atoms with Gasteiger partial charge in [-0.1, -0.05) is 60.7 Å². The van der Waals surface area contributed by atoms with Crippen molar-refractivity contribution in [2.45, 2.75) is 44.6 Å². The van der Waals surface area contributed by atoms with E-state index >= 15 is 0 Å². The fourth-order valence-electron chi connectivity index (χ4n) is 7.64. The predicted octanol–water partition coefficient (Wildman–Crippen LogP) is 6.72. The summed E-state index contributed by atoms with van der Waals surface area (Å²) >= 11 is 0. The van der Waals surface area contributed by atoms with Gasteiger partial charge in [-0.15, -0.1) is 0 Å². The van der Waals surface area contributed by atoms with Gasteiger partial charge in [0.05, 0.1) is 35.4 Å². The predicted molar refractivity (Wildman–Crippen MR) is 191 cm³/mol. The Morgan fingerprint density at radius 1 is 0.920 bits per heavy atom. The first-order valence-corrected chi connectivity index (χ1v) is 17.3. The number of benzene rings is 3. The van der Waals surface area contributed by atoms with E-state index in [0.717, 1.165) is 46.7 Å². The lowest BCUT2D eigenvalue weighted by Crippen LogP contribution is -2.40. The number of nitrogens with one attached hydrogen (secondary N) is 2. The number of hydrogen-bond acceptors (Lipinski definition) is 9. The van der Waals surface area contributed by atoms with Crippen LogP contribution in [0.5, 0.6) is 0 Å². The molecule has 2 N–H and O–H groups in total. The van der Waals surface area contributed by atoms with Gasteiger partial charge in [0.15, 0.2) is 5.69 Å². The van der Waals surface area contributed by atoms with Crippen LogP contribution in [0, 0.1) is 0 Å². The molecule has 254 valence electrons. The SMILES string of the molecule is CCOC(=O)c1nn(C)c2c1CCc1cnc(Nc3ccccc3NC[C@@H]3CCCN3C(=O)OCC3c4ccccc4-c4ccccc43)nc1-2. The minimum atomic E-state index is -0.417. The number of esters is 1. The zero-order chi connectivity index (χ0) is 34.2. The summed E-state index contributed by atoms with van der Waals surface area (Å²) in [6.45, 7) is 3.62. The summed E-state index contributed by atoms with van der Waals surface area (Å²) in [5.74, 6) is 0.0453. The molecule has 50 heavy (non-hydrogen) atoms. The molecule has 2 aromatic heterocycles. The monoisotopic (exact) mass is 669 g/mol. The highest BCUT2D eigenvalue weighted by atomic mass is 16.6. The standard InChI is InChI=1S/C39H39N7O4/c1-3-49-37(47)35-30-19-18-24-21-41-38(43-34(24)36(30)45(2)44-35)42-33-17-9-8-16-32(33)40-22-25-11-10-20-46(25)39(48)50-23-31-28-14-6-4-12-26(28)27-13-5-7-15-29(27)31/h4-9,12-17,21,25,31,40H,3,10-11,18-20,22-23H2,1-2H3,(H,41,42,43)/t25-/m0/s1. The van der Waals surface area contributed by atoms with Crippen LogP contribution in [0.1, 0.15) is 58.4 Å². The van der Waals surface area contributed by atoms with Crippen molar-refractivity contribution < 1.29 is 19.1 Å². The molecule has 0 bridgehead atoms. The van der Waals surface area contributed by atoms with E-state index in [2.05, 4.69) is 57.1 Å². The van der Waals surface area contributed by atoms with Crippen molar-refractivity contribution >= 4 is 29.4 Å². The van der Waals surface area contributed by atoms with E-state index < -0.39 is 5.97 Å². The molecule has 11 heteroatoms. The van der Waals surface area contributed by atoms with E-state index in [1.54, 1.807) is 11.6 Å². The smallest absolute Gasteiger partial charge is 0.410 e. The van der Waals surface area contributed by atoms with Crippen LogP contribution in [0.4, 0.5) is 22.1 Å². The number of aryl methyl sites for hydroxylation is 2. The molecular formula is C39H39N7O4. The van der Waals surface area contributed by atoms with Gasteiger partial charge in [-0.05, 0) is 72.6 Å². The number of para-hydroxylation sites is 2. The number of carbonyl (C=O) groups is 2. The van der Waals surface area contributed by atoms with Crippen LogP contribution >= 0.6 is 0 Å². The number of fused-ring (bicyclic) bond motifs is 6. The van der Waals surface area contributed by atoms with Crippen LogP contribution in [-0.2, 0) is 29.4 Å². The lowest BCUT2D eigenvalue weighted by Gasteiger charge is -2.26. The number of amides is 1. The Morgan fingerprint density at radius 3 is 2.40 bits per heavy atom. The zero-order valence-electron chi connectivity index (χ0n) is 28.2. The topological polar surface area (TPSA) is 124 Å². The van der Waals surface area contributed by atoms with E-state index in [1.165, 1.54) is 22.3 Å². The van der Waals surface area contributed by atoms with Crippen molar-refractivity contribution in [3.8, 4) is 22.5 Å². The Morgan fingerprint density at radius 2 is 1.64 bits per heavy atom. The third-order valence-electron chi connectivity index (χ3n) is 10.00. The summed E-state index contributed by atoms with van der Waals surface area (Å²) in [6.07, 6.45) is 4.76. The van der Waals surface area contributed by atoms with E-state index in [0.29, 0.717) is 50.8 Å². The van der Waals surface area contributed by atoms with E-state index in [1.807, 2.05) is 54.5 Å². The molecule has 0 saturated carbocycles. The lowest BCUT2D eigenvalue weighted by atomic mass is 9.93. The normalized spacial score (nSPS) is 15.9. The van der Waals surface area contributed by atoms with Crippen LogP contribution < -0.4 is 10.6 Å². The minimum Gasteiger partial charge on any atom is -0.461 e. The Balaban J connectivity index is 0.940. The Bertz CT molecular complexity index is 2050. The third-order valence-corrected chi connectivity index (χ3v) is 10.00. The molecule has 1 atom stereocenters. The maximum absolute atomic E-state index is 13.5. The number of ether oxygens (including phenoxy) is 2. The van der Waals surface area contributed by atoms with Gasteiger partial charge >= 0.3 is 12.1 Å². The average molecular weight is 670 g/mol. The molecule has 11 nitrogen and oxygen atoms in total. The third kappa shape index (κ3) is 5.72. The fraction of sp³-hybridized carbons (Fsp3) is 0.308. The molecule has 0 radical (unpaired) electrons. The highest BCUT2D eigenvalue weighted by Gasteiger charge is 2.34. The molecule has 3 heterocycles. The summed E-state index contributed by atoms with van der Waals surface area (Å²) in [5, 5.41) is 11.4. The van der Waals surface area contributed by atoms with Crippen molar-refractivity contribution in [2.75, 3.05) is 36.9 Å². The van der Waals surface area contributed by atoms with E-state index in [9.17, 15) is 9.59 Å². The van der Waals surface area contributed by atoms with Gasteiger partial charge in [-0.2, -0.15) is 5.10 Å². The quantitative estimate of drug-likeness (QED) is 0.165. The maximum atomic E-state index is 13.5. The first kappa shape index (κ1) is 31.6. The summed E-state index contributed by atoms with van der Waals surface area (Å²) in [5.41, 5.74) is 10.3. The number of rotatable bonds is 9. The van der Waals surface area contributed by atoms with Crippen molar-refractivity contribution in [2.24, 2.45) is 7.05 Å². The zero-order valence-corrected chi connectivity index (χ0v) is 28.2. The summed E-state index contributed by atoms with van der Waals surface area (Å²) in [6, 6.07) is 24.6. The molecule has 0 spiro atoms. The van der Waals surface area contributed by atoms with Gasteiger partial charge in [0.2, 0.25) is 5.95 Å². The molecular weight excluding hydrogens is 630 g/mol. The number of carbonyl (C=O) groups excluding carboxylic acids is 2. The highest BCUT2D eigenvalue weighted by molar-refractivity contribution is 5.92. The van der Waals surface area contributed by atoms with Crippen LogP contribution in [0.3, 0.4) is 0 Å². The van der Waals surface area contributed by atoms with Crippen LogP contribution in [0.25, 0.3) is 22.5 Å². The molecule has 1 fully saturated rings. The number of likely N-dealkylation sites (tertiary alicyclic amines) is 1. The largest absolute Gasteiger partial charge is 0.461 e. The first-order valence-electron chi connectivity index (χ1n) is 17.3. The molecule has 1 aliphatic heterocycles. The van der Waals surface area contributed by atoms with Gasteiger partial charge in [0.25, 0.3) is 0 Å². The van der Waals surface area contributed by atoms with Gasteiger partial charge in [0.1, 0.15) is 6.61 Å². The molecule has 8 rings (SSSR count). The summed E-state index contributed by atoms with van der Waals surface area (Å²) in [4.78, 5) is 37.4. The van der Waals surface area contributed by atoms with E-state index in [4.69, 9.17) is 14.5 Å². The molecule has 1 saturated heterocycles. The number of nitrogens with zero attached hydrogens (tertiary/aromatic N) is 5. The first-order chi connectivity index (χ1) is 24.5. The van der Waals surface area contributed by atoms with Crippen molar-refractivity contribution in [1.29, 1.82) is 0 Å². The Kier molecular flexibility index (Phi) is 8.39. The second kappa shape index (κ2) is 13.3. The second-order valence-electron chi connectivity index (χ2n) is 12.9. The fourth-order valence-corrected chi connectivity index (χ4v) is 7.64. The molecule has 3 aliphatic rings. The van der Waals surface area contributed by atoms with Gasteiger partial charge in [0, 0.05) is 37.8 Å². The average Bonchev–Trinajstić information content (AvgIpc) is 3.84. The number of aromatic nitrogens is 4.